The predicted molar refractivity (Wildman–Crippen MR) is 86.9 cm³/mol. The number of hydrogen-bond acceptors (Lipinski definition) is 3. The van der Waals surface area contributed by atoms with Crippen LogP contribution in [0.25, 0.3) is 0 Å². The molecule has 0 amide bonds. The van der Waals surface area contributed by atoms with E-state index in [2.05, 4.69) is 0 Å². The lowest BCUT2D eigenvalue weighted by molar-refractivity contribution is -0.716. The molecule has 1 N–H and O–H groups in total. The zero-order valence-corrected chi connectivity index (χ0v) is 19.6. The Morgan fingerprint density at radius 3 is 1.40 bits per heavy atom. The van der Waals surface area contributed by atoms with E-state index in [4.69, 9.17) is 0 Å². The molecule has 0 bridgehead atoms. The van der Waals surface area contributed by atoms with Gasteiger partial charge in [0.2, 0.25) is 0 Å². The third kappa shape index (κ3) is 6.89. The van der Waals surface area contributed by atoms with Crippen LogP contribution in [0.3, 0.4) is 0 Å². The SMILES string of the molecule is FC(F)C(F)(F)CC[n+]1cc[nH]c1C(F)(F)C(F)(F)C(F)(F)C(F)(F)C(F)(F)C(F)(F)F.O=S(=O)([O-])C(F)(F)C(F)F. The maximum absolute atomic E-state index is 14.0. The van der Waals surface area contributed by atoms with E-state index in [-0.39, 0.29) is 12.4 Å². The quantitative estimate of drug-likeness (QED) is 0.171. The Hall–Kier alpha value is -2.35. The van der Waals surface area contributed by atoms with Crippen LogP contribution in [0.2, 0.25) is 0 Å². The van der Waals surface area contributed by atoms with Crippen LogP contribution in [-0.4, -0.2) is 71.8 Å². The first-order valence-electron chi connectivity index (χ1n) is 9.39. The number of alkyl halides is 21. The Balaban J connectivity index is 0.00000143. The normalized spacial score (nSPS) is 15.2. The smallest absolute Gasteiger partial charge is 0.460 e. The monoisotopic (exact) mass is 696 g/mol. The largest absolute Gasteiger partial charge is 0.743 e. The Morgan fingerprint density at radius 2 is 1.10 bits per heavy atom. The predicted octanol–water partition coefficient (Wildman–Crippen LogP) is 6.18. The summed E-state index contributed by atoms with van der Waals surface area (Å²) in [5.41, 5.74) is 0. The van der Waals surface area contributed by atoms with Crippen molar-refractivity contribution in [1.82, 2.24) is 4.98 Å². The number of H-pyrrole nitrogens is 1. The van der Waals surface area contributed by atoms with E-state index < -0.39 is 93.3 Å². The molecule has 1 rings (SSSR count). The number of nitrogens with one attached hydrogen (secondary N) is 1. The Bertz CT molecular complexity index is 1160. The molecule has 0 aromatic carbocycles. The lowest BCUT2D eigenvalue weighted by Gasteiger charge is -2.38. The molecule has 0 unspecified atom stereocenters. The summed E-state index contributed by atoms with van der Waals surface area (Å²) in [4.78, 5) is 1.02. The standard InChI is InChI=1S/C13H7F17N2.C2H2F4O3S/c14-5(15)7(16,17)1-3-32-4-2-31-6(32)8(18,19)9(20,21)10(22,23)11(24,25)12(26,27)13(28,29)30;3-1(4)2(5,6)10(7,8)9/h2,4-5H,1,3H2;1H,(H,7,8,9). The molecule has 0 spiro atoms. The van der Waals surface area contributed by atoms with Crippen molar-refractivity contribution in [2.45, 2.75) is 72.8 Å². The zero-order chi connectivity index (χ0) is 34.3. The summed E-state index contributed by atoms with van der Waals surface area (Å²) in [5.74, 6) is -46.2. The summed E-state index contributed by atoms with van der Waals surface area (Å²) < 4.78 is 293. The van der Waals surface area contributed by atoms with Gasteiger partial charge in [0, 0.05) is 0 Å². The summed E-state index contributed by atoms with van der Waals surface area (Å²) in [6.07, 6.45) is -18.3. The minimum atomic E-state index is -8.13. The highest BCUT2D eigenvalue weighted by atomic mass is 32.2. The van der Waals surface area contributed by atoms with Gasteiger partial charge in [-0.1, -0.05) is 0 Å². The minimum absolute atomic E-state index is 0.0987. The molecule has 0 radical (unpaired) electrons. The van der Waals surface area contributed by atoms with Crippen LogP contribution >= 0.6 is 0 Å². The van der Waals surface area contributed by atoms with E-state index in [1.807, 2.05) is 0 Å². The average molecular weight is 696 g/mol. The van der Waals surface area contributed by atoms with Crippen LogP contribution < -0.4 is 4.57 Å². The van der Waals surface area contributed by atoms with Gasteiger partial charge in [-0.3, -0.25) is 0 Å². The molecule has 42 heavy (non-hydrogen) atoms. The van der Waals surface area contributed by atoms with Crippen LogP contribution in [0.1, 0.15) is 12.2 Å². The van der Waals surface area contributed by atoms with Gasteiger partial charge < -0.3 is 4.55 Å². The number of nitrogens with zero attached hydrogens (tertiary/aromatic N) is 1. The lowest BCUT2D eigenvalue weighted by Crippen LogP contribution is -2.70. The molecule has 0 aliphatic heterocycles. The molecular formula is C15H9F21N2O3S. The van der Waals surface area contributed by atoms with Crippen LogP contribution in [0.5, 0.6) is 0 Å². The highest BCUT2D eigenvalue weighted by molar-refractivity contribution is 7.86. The van der Waals surface area contributed by atoms with Gasteiger partial charge in [-0.05, 0) is 0 Å². The Kier molecular flexibility index (Phi) is 11.0. The van der Waals surface area contributed by atoms with Gasteiger partial charge in [0.25, 0.3) is 0 Å². The van der Waals surface area contributed by atoms with Gasteiger partial charge in [-0.2, -0.15) is 65.9 Å². The second kappa shape index (κ2) is 11.6. The molecule has 0 saturated carbocycles. The molecule has 0 saturated heterocycles. The van der Waals surface area contributed by atoms with Gasteiger partial charge in [-0.25, -0.2) is 44.3 Å². The van der Waals surface area contributed by atoms with Crippen LogP contribution in [-0.2, 0) is 22.6 Å². The van der Waals surface area contributed by atoms with Gasteiger partial charge >= 0.3 is 65.6 Å². The number of aromatic nitrogens is 2. The highest BCUT2D eigenvalue weighted by Crippen LogP contribution is 2.61. The van der Waals surface area contributed by atoms with E-state index in [9.17, 15) is 105 Å². The fraction of sp³-hybridized carbons (Fsp3) is 0.800. The topological polar surface area (TPSA) is 76.9 Å². The number of rotatable bonds is 11. The second-order valence-corrected chi connectivity index (χ2v) is 8.95. The van der Waals surface area contributed by atoms with Crippen molar-refractivity contribution in [2.24, 2.45) is 0 Å². The maximum atomic E-state index is 14.0. The van der Waals surface area contributed by atoms with E-state index in [1.54, 1.807) is 0 Å². The van der Waals surface area contributed by atoms with E-state index in [1.165, 1.54) is 0 Å². The van der Waals surface area contributed by atoms with E-state index >= 15 is 0 Å². The van der Waals surface area contributed by atoms with Crippen molar-refractivity contribution in [3.05, 3.63) is 18.2 Å². The summed E-state index contributed by atoms with van der Waals surface area (Å²) in [6.45, 7) is -1.75. The lowest BCUT2D eigenvalue weighted by atomic mass is 9.93. The maximum Gasteiger partial charge on any atom is 0.460 e. The van der Waals surface area contributed by atoms with Crippen molar-refractivity contribution in [3.8, 4) is 0 Å². The summed E-state index contributed by atoms with van der Waals surface area (Å²) in [7, 11) is -6.23. The molecule has 0 aliphatic rings. The zero-order valence-electron chi connectivity index (χ0n) is 18.7. The molecule has 1 heterocycles. The van der Waals surface area contributed by atoms with Crippen LogP contribution in [0.15, 0.2) is 12.4 Å². The van der Waals surface area contributed by atoms with E-state index in [0.717, 1.165) is 4.98 Å². The van der Waals surface area contributed by atoms with Crippen molar-refractivity contribution in [3.63, 3.8) is 0 Å². The number of aromatic amines is 1. The fourth-order valence-corrected chi connectivity index (χ4v) is 2.45. The number of halogens is 21. The number of imidazole rings is 1. The minimum Gasteiger partial charge on any atom is -0.743 e. The Labute approximate surface area is 217 Å². The van der Waals surface area contributed by atoms with Crippen molar-refractivity contribution >= 4 is 10.1 Å². The molecule has 27 heteroatoms. The van der Waals surface area contributed by atoms with Crippen molar-refractivity contribution in [2.75, 3.05) is 0 Å². The molecule has 0 atom stereocenters. The number of hydrogen-bond donors (Lipinski definition) is 1. The first-order valence-corrected chi connectivity index (χ1v) is 10.8. The van der Waals surface area contributed by atoms with Gasteiger partial charge in [-0.15, -0.1) is 0 Å². The first-order chi connectivity index (χ1) is 18.1. The molecule has 250 valence electrons. The molecule has 1 aromatic rings. The summed E-state index contributed by atoms with van der Waals surface area (Å²) in [5, 5.41) is -5.48. The Morgan fingerprint density at radius 1 is 0.690 bits per heavy atom. The summed E-state index contributed by atoms with van der Waals surface area (Å²) in [6, 6.07) is 0. The van der Waals surface area contributed by atoms with Crippen molar-refractivity contribution < 1.29 is 110 Å². The van der Waals surface area contributed by atoms with Gasteiger partial charge in [0.1, 0.15) is 12.4 Å². The molecular weight excluding hydrogens is 687 g/mol. The van der Waals surface area contributed by atoms with E-state index in [0.29, 0.717) is 0 Å². The van der Waals surface area contributed by atoms with Crippen LogP contribution in [0, 0.1) is 0 Å². The van der Waals surface area contributed by atoms with Crippen LogP contribution in [0.4, 0.5) is 92.2 Å². The molecule has 0 fully saturated rings. The average Bonchev–Trinajstić information content (AvgIpc) is 3.25. The highest BCUT2D eigenvalue weighted by Gasteiger charge is 2.92. The third-order valence-electron chi connectivity index (χ3n) is 4.59. The number of aryl methyl sites for hydroxylation is 1. The third-order valence-corrected chi connectivity index (χ3v) is 5.43. The first kappa shape index (κ1) is 39.6. The van der Waals surface area contributed by atoms with Gasteiger partial charge in [0.05, 0.1) is 13.0 Å². The van der Waals surface area contributed by atoms with Gasteiger partial charge in [0.15, 0.2) is 10.1 Å². The molecule has 5 nitrogen and oxygen atoms in total. The molecule has 0 aliphatic carbocycles. The van der Waals surface area contributed by atoms with Crippen molar-refractivity contribution in [1.29, 1.82) is 0 Å². The summed E-state index contributed by atoms with van der Waals surface area (Å²) >= 11 is 0. The fourth-order valence-electron chi connectivity index (χ4n) is 2.23. The second-order valence-electron chi connectivity index (χ2n) is 7.50. The molecule has 1 aromatic heterocycles.